The van der Waals surface area contributed by atoms with Crippen molar-refractivity contribution in [3.63, 3.8) is 0 Å². The summed E-state index contributed by atoms with van der Waals surface area (Å²) in [6.45, 7) is 3.13. The summed E-state index contributed by atoms with van der Waals surface area (Å²) in [5.74, 6) is -0.286. The maximum absolute atomic E-state index is 11.6. The summed E-state index contributed by atoms with van der Waals surface area (Å²) >= 11 is 0. The van der Waals surface area contributed by atoms with Gasteiger partial charge in [0.05, 0.1) is 0 Å². The molecule has 0 aromatic heterocycles. The van der Waals surface area contributed by atoms with Crippen molar-refractivity contribution < 1.29 is 9.59 Å². The van der Waals surface area contributed by atoms with E-state index in [9.17, 15) is 9.59 Å². The van der Waals surface area contributed by atoms with Crippen LogP contribution in [-0.2, 0) is 4.79 Å². The monoisotopic (exact) mass is 203 g/mol. The van der Waals surface area contributed by atoms with Crippen molar-refractivity contribution in [3.8, 4) is 0 Å². The lowest BCUT2D eigenvalue weighted by atomic mass is 10.2. The lowest BCUT2D eigenvalue weighted by molar-refractivity contribution is -0.112. The van der Waals surface area contributed by atoms with Crippen LogP contribution in [0.5, 0.6) is 0 Å². The van der Waals surface area contributed by atoms with Crippen LogP contribution in [-0.4, -0.2) is 11.7 Å². The van der Waals surface area contributed by atoms with Crippen LogP contribution in [0.2, 0.25) is 0 Å². The van der Waals surface area contributed by atoms with E-state index < -0.39 is 0 Å². The van der Waals surface area contributed by atoms with Gasteiger partial charge < -0.3 is 5.32 Å². The van der Waals surface area contributed by atoms with Crippen molar-refractivity contribution in [2.75, 3.05) is 0 Å². The Morgan fingerprint density at radius 1 is 1.13 bits per heavy atom. The van der Waals surface area contributed by atoms with E-state index in [1.807, 2.05) is 6.07 Å². The fourth-order valence-corrected chi connectivity index (χ4v) is 1.18. The Hall–Kier alpha value is -1.90. The smallest absolute Gasteiger partial charge is 0.255 e. The molecule has 0 aliphatic carbocycles. The van der Waals surface area contributed by atoms with E-state index in [2.05, 4.69) is 5.32 Å². The summed E-state index contributed by atoms with van der Waals surface area (Å²) in [6.07, 6.45) is 1.39. The number of ketones is 1. The van der Waals surface area contributed by atoms with Crippen LogP contribution in [0.1, 0.15) is 24.2 Å². The highest BCUT2D eigenvalue weighted by Crippen LogP contribution is 1.99. The second kappa shape index (κ2) is 5.10. The molecule has 0 aliphatic rings. The van der Waals surface area contributed by atoms with E-state index in [-0.39, 0.29) is 11.7 Å². The Kier molecular flexibility index (Phi) is 3.80. The molecule has 1 amide bonds. The number of nitrogens with one attached hydrogen (secondary N) is 1. The zero-order valence-electron chi connectivity index (χ0n) is 8.78. The summed E-state index contributed by atoms with van der Waals surface area (Å²) in [5, 5.41) is 2.63. The van der Waals surface area contributed by atoms with Crippen LogP contribution in [0.15, 0.2) is 42.1 Å². The summed E-state index contributed by atoms with van der Waals surface area (Å²) in [6, 6.07) is 8.86. The number of allylic oxidation sites excluding steroid dienone is 2. The number of hydrogen-bond donors (Lipinski definition) is 1. The second-order valence-electron chi connectivity index (χ2n) is 3.26. The highest BCUT2D eigenvalue weighted by atomic mass is 16.1. The molecule has 0 bridgehead atoms. The van der Waals surface area contributed by atoms with Gasteiger partial charge in [0.25, 0.3) is 5.91 Å². The molecular weight excluding hydrogens is 190 g/mol. The number of carbonyl (C=O) groups is 2. The minimum absolute atomic E-state index is 0.0825. The van der Waals surface area contributed by atoms with Gasteiger partial charge in [-0.1, -0.05) is 18.2 Å². The lowest BCUT2D eigenvalue weighted by Gasteiger charge is -2.04. The van der Waals surface area contributed by atoms with Crippen molar-refractivity contribution >= 4 is 11.7 Å². The van der Waals surface area contributed by atoms with Gasteiger partial charge in [0, 0.05) is 11.3 Å². The summed E-state index contributed by atoms with van der Waals surface area (Å²) in [4.78, 5) is 22.3. The summed E-state index contributed by atoms with van der Waals surface area (Å²) < 4.78 is 0. The molecular formula is C12H13NO2. The average Bonchev–Trinajstić information content (AvgIpc) is 2.17. The predicted octanol–water partition coefficient (Wildman–Crippen LogP) is 1.91. The number of amides is 1. The third kappa shape index (κ3) is 3.77. The van der Waals surface area contributed by atoms with Gasteiger partial charge in [0.2, 0.25) is 0 Å². The van der Waals surface area contributed by atoms with E-state index >= 15 is 0 Å². The maximum atomic E-state index is 11.6. The molecule has 78 valence electrons. The molecule has 0 spiro atoms. The predicted molar refractivity (Wildman–Crippen MR) is 58.3 cm³/mol. The van der Waals surface area contributed by atoms with Gasteiger partial charge in [-0.2, -0.15) is 0 Å². The Labute approximate surface area is 88.8 Å². The van der Waals surface area contributed by atoms with Gasteiger partial charge in [0.1, 0.15) is 0 Å². The summed E-state index contributed by atoms with van der Waals surface area (Å²) in [7, 11) is 0. The van der Waals surface area contributed by atoms with Gasteiger partial charge in [-0.25, -0.2) is 0 Å². The number of benzene rings is 1. The molecule has 15 heavy (non-hydrogen) atoms. The third-order valence-corrected chi connectivity index (χ3v) is 1.77. The van der Waals surface area contributed by atoms with Crippen molar-refractivity contribution in [1.29, 1.82) is 0 Å². The number of hydrogen-bond acceptors (Lipinski definition) is 2. The van der Waals surface area contributed by atoms with Gasteiger partial charge in [0.15, 0.2) is 5.78 Å². The number of rotatable bonds is 3. The third-order valence-electron chi connectivity index (χ3n) is 1.77. The largest absolute Gasteiger partial charge is 0.326 e. The quantitative estimate of drug-likeness (QED) is 0.763. The van der Waals surface area contributed by atoms with Crippen molar-refractivity contribution in [2.24, 2.45) is 0 Å². The second-order valence-corrected chi connectivity index (χ2v) is 3.26. The molecule has 0 radical (unpaired) electrons. The topological polar surface area (TPSA) is 46.2 Å². The van der Waals surface area contributed by atoms with E-state index in [0.29, 0.717) is 11.3 Å². The molecule has 0 unspecified atom stereocenters. The first kappa shape index (κ1) is 11.2. The van der Waals surface area contributed by atoms with Crippen LogP contribution < -0.4 is 5.32 Å². The van der Waals surface area contributed by atoms with Gasteiger partial charge in [-0.05, 0) is 32.1 Å². The Morgan fingerprint density at radius 2 is 1.73 bits per heavy atom. The van der Waals surface area contributed by atoms with Crippen LogP contribution in [0, 0.1) is 0 Å². The van der Waals surface area contributed by atoms with Crippen molar-refractivity contribution in [1.82, 2.24) is 5.32 Å². The molecule has 0 fully saturated rings. The first-order valence-corrected chi connectivity index (χ1v) is 4.65. The molecule has 1 aromatic rings. The van der Waals surface area contributed by atoms with E-state index in [0.717, 1.165) is 0 Å². The normalized spacial score (nSPS) is 10.9. The minimum Gasteiger partial charge on any atom is -0.326 e. The standard InChI is InChI=1S/C12H13NO2/c1-9(8-10(2)14)13-12(15)11-6-4-3-5-7-11/h3-8H,1-2H3,(H,13,15)/b9-8-. The SMILES string of the molecule is CC(=O)/C=C(/C)NC(=O)c1ccccc1. The molecule has 0 heterocycles. The number of carbonyl (C=O) groups excluding carboxylic acids is 2. The Bertz CT molecular complexity index is 393. The van der Waals surface area contributed by atoms with Crippen molar-refractivity contribution in [3.05, 3.63) is 47.7 Å². The molecule has 1 aromatic carbocycles. The van der Waals surface area contributed by atoms with Crippen LogP contribution in [0.4, 0.5) is 0 Å². The zero-order valence-corrected chi connectivity index (χ0v) is 8.78. The highest BCUT2D eigenvalue weighted by Gasteiger charge is 2.04. The molecule has 1 N–H and O–H groups in total. The molecule has 0 atom stereocenters. The van der Waals surface area contributed by atoms with Gasteiger partial charge >= 0.3 is 0 Å². The minimum atomic E-state index is -0.203. The van der Waals surface area contributed by atoms with E-state index in [1.165, 1.54) is 13.0 Å². The zero-order chi connectivity index (χ0) is 11.3. The highest BCUT2D eigenvalue weighted by molar-refractivity contribution is 5.96. The molecule has 3 nitrogen and oxygen atoms in total. The van der Waals surface area contributed by atoms with E-state index in [4.69, 9.17) is 0 Å². The first-order valence-electron chi connectivity index (χ1n) is 4.65. The molecule has 1 rings (SSSR count). The Morgan fingerprint density at radius 3 is 2.27 bits per heavy atom. The molecule has 3 heteroatoms. The fourth-order valence-electron chi connectivity index (χ4n) is 1.18. The van der Waals surface area contributed by atoms with Crippen molar-refractivity contribution in [2.45, 2.75) is 13.8 Å². The fraction of sp³-hybridized carbons (Fsp3) is 0.167. The average molecular weight is 203 g/mol. The van der Waals surface area contributed by atoms with Crippen LogP contribution in [0.25, 0.3) is 0 Å². The van der Waals surface area contributed by atoms with Gasteiger partial charge in [-0.15, -0.1) is 0 Å². The Balaban J connectivity index is 2.69. The summed E-state index contributed by atoms with van der Waals surface area (Å²) in [5.41, 5.74) is 1.13. The van der Waals surface area contributed by atoms with E-state index in [1.54, 1.807) is 31.2 Å². The molecule has 0 aliphatic heterocycles. The molecule has 0 saturated heterocycles. The van der Waals surface area contributed by atoms with Crippen LogP contribution in [0.3, 0.4) is 0 Å². The molecule has 0 saturated carbocycles. The first-order chi connectivity index (χ1) is 7.09. The van der Waals surface area contributed by atoms with Crippen LogP contribution >= 0.6 is 0 Å². The maximum Gasteiger partial charge on any atom is 0.255 e. The van der Waals surface area contributed by atoms with Gasteiger partial charge in [-0.3, -0.25) is 9.59 Å². The lowest BCUT2D eigenvalue weighted by Crippen LogP contribution is -2.21.